The van der Waals surface area contributed by atoms with E-state index in [0.717, 1.165) is 51.4 Å². The van der Waals surface area contributed by atoms with Crippen molar-refractivity contribution in [3.63, 3.8) is 0 Å². The van der Waals surface area contributed by atoms with Crippen molar-refractivity contribution in [1.29, 1.82) is 0 Å². The van der Waals surface area contributed by atoms with E-state index >= 15 is 0 Å². The molecule has 3 nitrogen and oxygen atoms in total. The van der Waals surface area contributed by atoms with Crippen molar-refractivity contribution in [2.24, 2.45) is 44.3 Å². The van der Waals surface area contributed by atoms with Crippen LogP contribution in [0.5, 0.6) is 0 Å². The minimum absolute atomic E-state index is 0.0512. The molecule has 1 N–H and O–H groups in total. The zero-order chi connectivity index (χ0) is 24.2. The molecule has 6 atom stereocenters. The lowest BCUT2D eigenvalue weighted by Crippen LogP contribution is -2.66. The lowest BCUT2D eigenvalue weighted by molar-refractivity contribution is -0.200. The molecule has 5 aliphatic rings. The van der Waals surface area contributed by atoms with Crippen molar-refractivity contribution in [2.45, 2.75) is 119 Å². The molecule has 0 amide bonds. The lowest BCUT2D eigenvalue weighted by atomic mass is 9.34. The summed E-state index contributed by atoms with van der Waals surface area (Å²) < 4.78 is 0. The van der Waals surface area contributed by atoms with Gasteiger partial charge in [-0.1, -0.05) is 59.6 Å². The molecule has 0 unspecified atom stereocenters. The Morgan fingerprint density at radius 1 is 0.788 bits per heavy atom. The van der Waals surface area contributed by atoms with E-state index in [-0.39, 0.29) is 27.1 Å². The van der Waals surface area contributed by atoms with Crippen LogP contribution in [0.3, 0.4) is 0 Å². The van der Waals surface area contributed by atoms with Gasteiger partial charge in [0.05, 0.1) is 5.41 Å². The number of ketones is 1. The minimum atomic E-state index is -0.724. The van der Waals surface area contributed by atoms with E-state index in [1.54, 1.807) is 0 Å². The monoisotopic (exact) mass is 454 g/mol. The molecule has 4 saturated carbocycles. The fourth-order valence-corrected chi connectivity index (χ4v) is 10.4. The van der Waals surface area contributed by atoms with Gasteiger partial charge in [0, 0.05) is 11.8 Å². The summed E-state index contributed by atoms with van der Waals surface area (Å²) >= 11 is 0. The van der Waals surface area contributed by atoms with E-state index in [9.17, 15) is 14.7 Å². The highest BCUT2D eigenvalue weighted by Gasteiger charge is 2.71. The fraction of sp³-hybridized carbons (Fsp3) is 0.867. The molecule has 33 heavy (non-hydrogen) atoms. The molecule has 184 valence electrons. The predicted molar refractivity (Wildman–Crippen MR) is 132 cm³/mol. The maximum Gasteiger partial charge on any atom is 0.314 e. The Hall–Kier alpha value is -1.12. The van der Waals surface area contributed by atoms with Crippen LogP contribution in [0.2, 0.25) is 0 Å². The third kappa shape index (κ3) is 2.80. The van der Waals surface area contributed by atoms with Crippen LogP contribution in [0.15, 0.2) is 11.1 Å². The molecule has 5 rings (SSSR count). The van der Waals surface area contributed by atoms with Gasteiger partial charge in [-0.15, -0.1) is 0 Å². The van der Waals surface area contributed by atoms with Gasteiger partial charge in [-0.2, -0.15) is 0 Å². The summed E-state index contributed by atoms with van der Waals surface area (Å²) in [7, 11) is 0. The number of fused-ring (bicyclic) bond motifs is 6. The van der Waals surface area contributed by atoms with E-state index in [1.807, 2.05) is 0 Å². The van der Waals surface area contributed by atoms with Gasteiger partial charge >= 0.3 is 5.97 Å². The van der Waals surface area contributed by atoms with Gasteiger partial charge < -0.3 is 5.11 Å². The molecular weight excluding hydrogens is 408 g/mol. The second kappa shape index (κ2) is 6.76. The average molecular weight is 455 g/mol. The molecule has 0 saturated heterocycles. The topological polar surface area (TPSA) is 54.4 Å². The normalized spacial score (nSPS) is 48.3. The fourth-order valence-electron chi connectivity index (χ4n) is 10.4. The second-order valence-corrected chi connectivity index (χ2v) is 14.8. The molecule has 0 heterocycles. The van der Waals surface area contributed by atoms with Gasteiger partial charge in [-0.05, 0) is 97.7 Å². The summed E-state index contributed by atoms with van der Waals surface area (Å²) in [6, 6.07) is 0. The van der Waals surface area contributed by atoms with Gasteiger partial charge in [0.2, 0.25) is 0 Å². The van der Waals surface area contributed by atoms with Crippen molar-refractivity contribution >= 4 is 11.8 Å². The van der Waals surface area contributed by atoms with Crippen LogP contribution in [-0.4, -0.2) is 16.9 Å². The molecule has 0 spiro atoms. The zero-order valence-electron chi connectivity index (χ0n) is 22.2. The highest BCUT2D eigenvalue weighted by molar-refractivity contribution is 5.86. The van der Waals surface area contributed by atoms with Crippen molar-refractivity contribution in [3.8, 4) is 0 Å². The maximum absolute atomic E-state index is 13.5. The molecule has 3 heteroatoms. The highest BCUT2D eigenvalue weighted by atomic mass is 16.4. The molecule has 5 aliphatic carbocycles. The Balaban J connectivity index is 1.67. The number of carbonyl (C=O) groups is 2. The quantitative estimate of drug-likeness (QED) is 0.415. The summed E-state index contributed by atoms with van der Waals surface area (Å²) in [5.41, 5.74) is 2.12. The van der Waals surface area contributed by atoms with Gasteiger partial charge in [-0.25, -0.2) is 0 Å². The standard InChI is InChI=1S/C30H46O3/c1-25(2)14-15-27(5)16-17-30(24(32)33)19(20(27)18-25)8-9-22-28(6)12-11-23(31)26(3,4)21(28)10-13-29(22,30)7/h21-22H,8-18H2,1-7H3,(H,32,33)/t21-,22+,27+,28-,29+,30+/m0/s1. The first-order valence-electron chi connectivity index (χ1n) is 13.6. The Kier molecular flexibility index (Phi) is 4.83. The number of Topliss-reactive ketones (excluding diaryl/α,β-unsaturated/α-hetero) is 1. The molecular formula is C30H46O3. The van der Waals surface area contributed by atoms with E-state index in [2.05, 4.69) is 48.5 Å². The molecule has 0 aliphatic heterocycles. The first kappa shape index (κ1) is 23.6. The Morgan fingerprint density at radius 3 is 2.12 bits per heavy atom. The van der Waals surface area contributed by atoms with Crippen LogP contribution in [0, 0.1) is 44.3 Å². The summed E-state index contributed by atoms with van der Waals surface area (Å²) in [5.74, 6) is 0.596. The Bertz CT molecular complexity index is 940. The SMILES string of the molecule is CC1(C)CC[C@]2(C)CC[C@]3(C(=O)O)C(=C2C1)CC[C@@H]1[C@@]2(C)CCC(=O)C(C)(C)[C@@H]2CC[C@]13C. The van der Waals surface area contributed by atoms with E-state index < -0.39 is 11.4 Å². The molecule has 0 aromatic rings. The zero-order valence-corrected chi connectivity index (χ0v) is 22.2. The van der Waals surface area contributed by atoms with Gasteiger partial charge in [0.1, 0.15) is 5.78 Å². The number of rotatable bonds is 1. The van der Waals surface area contributed by atoms with Crippen molar-refractivity contribution < 1.29 is 14.7 Å². The van der Waals surface area contributed by atoms with E-state index in [0.29, 0.717) is 24.0 Å². The summed E-state index contributed by atoms with van der Waals surface area (Å²) in [6.07, 6.45) is 10.9. The number of carboxylic acids is 1. The van der Waals surface area contributed by atoms with Crippen LogP contribution >= 0.6 is 0 Å². The first-order valence-corrected chi connectivity index (χ1v) is 13.6. The van der Waals surface area contributed by atoms with Crippen LogP contribution in [0.1, 0.15) is 119 Å². The molecule has 0 aromatic carbocycles. The van der Waals surface area contributed by atoms with Gasteiger partial charge in [0.15, 0.2) is 0 Å². The minimum Gasteiger partial charge on any atom is -0.481 e. The Labute approximate surface area is 201 Å². The number of aliphatic carboxylic acids is 1. The first-order chi connectivity index (χ1) is 15.1. The molecule has 0 bridgehead atoms. The van der Waals surface area contributed by atoms with Crippen LogP contribution in [0.4, 0.5) is 0 Å². The van der Waals surface area contributed by atoms with Crippen LogP contribution in [0.25, 0.3) is 0 Å². The number of hydrogen-bond donors (Lipinski definition) is 1. The Morgan fingerprint density at radius 2 is 1.45 bits per heavy atom. The number of hydrogen-bond acceptors (Lipinski definition) is 2. The summed E-state index contributed by atoms with van der Waals surface area (Å²) in [5, 5.41) is 11.1. The third-order valence-corrected chi connectivity index (χ3v) is 12.5. The maximum atomic E-state index is 13.5. The van der Waals surface area contributed by atoms with Gasteiger partial charge in [0.25, 0.3) is 0 Å². The van der Waals surface area contributed by atoms with Crippen molar-refractivity contribution in [2.75, 3.05) is 0 Å². The molecule has 0 radical (unpaired) electrons. The largest absolute Gasteiger partial charge is 0.481 e. The van der Waals surface area contributed by atoms with Gasteiger partial charge in [-0.3, -0.25) is 9.59 Å². The summed E-state index contributed by atoms with van der Waals surface area (Å²) in [4.78, 5) is 26.4. The average Bonchev–Trinajstić information content (AvgIpc) is 2.71. The molecule has 4 fully saturated rings. The predicted octanol–water partition coefficient (Wildman–Crippen LogP) is 7.59. The molecule has 0 aromatic heterocycles. The number of allylic oxidation sites excluding steroid dienone is 1. The number of carboxylic acid groups (broad SMARTS) is 1. The second-order valence-electron chi connectivity index (χ2n) is 14.8. The van der Waals surface area contributed by atoms with Crippen molar-refractivity contribution in [1.82, 2.24) is 0 Å². The van der Waals surface area contributed by atoms with E-state index in [1.165, 1.54) is 24.0 Å². The third-order valence-electron chi connectivity index (χ3n) is 12.5. The van der Waals surface area contributed by atoms with Crippen molar-refractivity contribution in [3.05, 3.63) is 11.1 Å². The van der Waals surface area contributed by atoms with Crippen LogP contribution in [-0.2, 0) is 9.59 Å². The number of carbonyl (C=O) groups excluding carboxylic acids is 1. The van der Waals surface area contributed by atoms with E-state index in [4.69, 9.17) is 0 Å². The smallest absolute Gasteiger partial charge is 0.314 e. The summed E-state index contributed by atoms with van der Waals surface area (Å²) in [6.45, 7) is 16.3. The lowest BCUT2D eigenvalue weighted by Gasteiger charge is -2.69. The highest BCUT2D eigenvalue weighted by Crippen LogP contribution is 2.75. The van der Waals surface area contributed by atoms with Crippen LogP contribution < -0.4 is 0 Å².